The molecular weight excluding hydrogens is 146 g/mol. The molecule has 0 amide bonds. The van der Waals surface area contributed by atoms with Crippen molar-refractivity contribution >= 4 is 11.6 Å². The Hall–Kier alpha value is 0.250. The highest BCUT2D eigenvalue weighted by Gasteiger charge is 2.07. The molecule has 0 saturated heterocycles. The normalized spacial score (nSPS) is 14.1. The molecule has 0 spiro atoms. The van der Waals surface area contributed by atoms with Gasteiger partial charge >= 0.3 is 0 Å². The fourth-order valence-corrected chi connectivity index (χ4v) is 1.50. The molecule has 1 atom stereocenters. The molecule has 0 aliphatic rings. The van der Waals surface area contributed by atoms with Crippen molar-refractivity contribution in [2.24, 2.45) is 0 Å². The Morgan fingerprint density at radius 1 is 1.30 bits per heavy atom. The molecule has 0 fully saturated rings. The van der Waals surface area contributed by atoms with E-state index in [-0.39, 0.29) is 0 Å². The Morgan fingerprint density at radius 3 is 2.10 bits per heavy atom. The van der Waals surface area contributed by atoms with Crippen LogP contribution in [0.3, 0.4) is 0 Å². The summed E-state index contributed by atoms with van der Waals surface area (Å²) in [5, 5.41) is 0. The SMILES string of the molecule is CCN(CC)C(C)CCCl. The average Bonchev–Trinajstić information content (AvgIpc) is 1.91. The first kappa shape index (κ1) is 10.2. The lowest BCUT2D eigenvalue weighted by atomic mass is 10.2. The Labute approximate surface area is 69.4 Å². The summed E-state index contributed by atoms with van der Waals surface area (Å²) in [6.45, 7) is 8.88. The van der Waals surface area contributed by atoms with E-state index in [2.05, 4.69) is 25.7 Å². The van der Waals surface area contributed by atoms with Crippen molar-refractivity contribution in [3.63, 3.8) is 0 Å². The standard InChI is InChI=1S/C8H18ClN/c1-4-10(5-2)8(3)6-7-9/h8H,4-7H2,1-3H3. The zero-order valence-electron chi connectivity index (χ0n) is 7.23. The third-order valence-corrected chi connectivity index (χ3v) is 2.18. The Balaban J connectivity index is 3.53. The van der Waals surface area contributed by atoms with Crippen molar-refractivity contribution in [2.75, 3.05) is 19.0 Å². The summed E-state index contributed by atoms with van der Waals surface area (Å²) >= 11 is 5.63. The van der Waals surface area contributed by atoms with Crippen LogP contribution in [0.2, 0.25) is 0 Å². The maximum absolute atomic E-state index is 5.63. The molecule has 1 unspecified atom stereocenters. The third-order valence-electron chi connectivity index (χ3n) is 1.96. The molecule has 0 aromatic heterocycles. The summed E-state index contributed by atoms with van der Waals surface area (Å²) in [5.74, 6) is 0.775. The molecule has 0 N–H and O–H groups in total. The van der Waals surface area contributed by atoms with Crippen LogP contribution in [0, 0.1) is 0 Å². The van der Waals surface area contributed by atoms with Gasteiger partial charge in [-0.1, -0.05) is 13.8 Å². The number of alkyl halides is 1. The highest BCUT2D eigenvalue weighted by Crippen LogP contribution is 2.03. The van der Waals surface area contributed by atoms with Gasteiger partial charge in [-0.05, 0) is 26.4 Å². The van der Waals surface area contributed by atoms with Gasteiger partial charge in [-0.2, -0.15) is 0 Å². The second-order valence-electron chi connectivity index (χ2n) is 2.55. The van der Waals surface area contributed by atoms with Crippen molar-refractivity contribution in [3.8, 4) is 0 Å². The van der Waals surface area contributed by atoms with Gasteiger partial charge in [-0.15, -0.1) is 11.6 Å². The highest BCUT2D eigenvalue weighted by atomic mass is 35.5. The monoisotopic (exact) mass is 163 g/mol. The number of hydrogen-bond acceptors (Lipinski definition) is 1. The summed E-state index contributed by atoms with van der Waals surface area (Å²) in [7, 11) is 0. The molecule has 62 valence electrons. The van der Waals surface area contributed by atoms with Crippen LogP contribution in [-0.4, -0.2) is 29.9 Å². The molecule has 0 aromatic carbocycles. The fraction of sp³-hybridized carbons (Fsp3) is 1.00. The van der Waals surface area contributed by atoms with Gasteiger partial charge in [0, 0.05) is 11.9 Å². The zero-order chi connectivity index (χ0) is 7.98. The first-order chi connectivity index (χ1) is 4.76. The predicted octanol–water partition coefficient (Wildman–Crippen LogP) is 2.35. The predicted molar refractivity (Wildman–Crippen MR) is 47.7 cm³/mol. The van der Waals surface area contributed by atoms with Crippen LogP contribution in [0.5, 0.6) is 0 Å². The maximum Gasteiger partial charge on any atom is 0.0238 e. The summed E-state index contributed by atoms with van der Waals surface area (Å²) in [4.78, 5) is 2.42. The minimum Gasteiger partial charge on any atom is -0.301 e. The van der Waals surface area contributed by atoms with Gasteiger partial charge in [0.1, 0.15) is 0 Å². The van der Waals surface area contributed by atoms with Crippen molar-refractivity contribution in [3.05, 3.63) is 0 Å². The lowest BCUT2D eigenvalue weighted by Crippen LogP contribution is -2.32. The van der Waals surface area contributed by atoms with Crippen LogP contribution in [0.1, 0.15) is 27.2 Å². The molecule has 0 aromatic rings. The van der Waals surface area contributed by atoms with Crippen LogP contribution in [0.25, 0.3) is 0 Å². The van der Waals surface area contributed by atoms with Gasteiger partial charge in [-0.3, -0.25) is 0 Å². The Bertz CT molecular complexity index is 71.7. The van der Waals surface area contributed by atoms with Gasteiger partial charge in [-0.25, -0.2) is 0 Å². The van der Waals surface area contributed by atoms with Gasteiger partial charge in [0.2, 0.25) is 0 Å². The van der Waals surface area contributed by atoms with Crippen molar-refractivity contribution in [2.45, 2.75) is 33.2 Å². The highest BCUT2D eigenvalue weighted by molar-refractivity contribution is 6.17. The number of rotatable bonds is 5. The molecule has 0 aliphatic heterocycles. The number of nitrogens with zero attached hydrogens (tertiary/aromatic N) is 1. The summed E-state index contributed by atoms with van der Waals surface area (Å²) in [6, 6.07) is 0.646. The fourth-order valence-electron chi connectivity index (χ4n) is 1.19. The van der Waals surface area contributed by atoms with Gasteiger partial charge in [0.05, 0.1) is 0 Å². The lowest BCUT2D eigenvalue weighted by molar-refractivity contribution is 0.227. The first-order valence-corrected chi connectivity index (χ1v) is 4.59. The van der Waals surface area contributed by atoms with E-state index in [0.717, 1.165) is 25.4 Å². The summed E-state index contributed by atoms with van der Waals surface area (Å²) in [5.41, 5.74) is 0. The topological polar surface area (TPSA) is 3.24 Å². The second-order valence-corrected chi connectivity index (χ2v) is 2.93. The average molecular weight is 164 g/mol. The van der Waals surface area contributed by atoms with E-state index >= 15 is 0 Å². The van der Waals surface area contributed by atoms with Gasteiger partial charge < -0.3 is 4.90 Å². The maximum atomic E-state index is 5.63. The van der Waals surface area contributed by atoms with Crippen molar-refractivity contribution in [1.82, 2.24) is 4.90 Å². The minimum absolute atomic E-state index is 0.646. The van der Waals surface area contributed by atoms with E-state index in [0.29, 0.717) is 6.04 Å². The second kappa shape index (κ2) is 5.99. The molecule has 10 heavy (non-hydrogen) atoms. The number of hydrogen-bond donors (Lipinski definition) is 0. The number of halogens is 1. The van der Waals surface area contributed by atoms with E-state index in [1.807, 2.05) is 0 Å². The van der Waals surface area contributed by atoms with Crippen LogP contribution >= 0.6 is 11.6 Å². The minimum atomic E-state index is 0.646. The molecule has 0 bridgehead atoms. The van der Waals surface area contributed by atoms with E-state index < -0.39 is 0 Å². The zero-order valence-corrected chi connectivity index (χ0v) is 7.99. The van der Waals surface area contributed by atoms with Crippen LogP contribution in [-0.2, 0) is 0 Å². The van der Waals surface area contributed by atoms with Crippen molar-refractivity contribution in [1.29, 1.82) is 0 Å². The van der Waals surface area contributed by atoms with Gasteiger partial charge in [0.15, 0.2) is 0 Å². The summed E-state index contributed by atoms with van der Waals surface area (Å²) in [6.07, 6.45) is 1.10. The molecule has 2 heteroatoms. The van der Waals surface area contributed by atoms with E-state index in [4.69, 9.17) is 11.6 Å². The first-order valence-electron chi connectivity index (χ1n) is 4.06. The molecule has 1 nitrogen and oxygen atoms in total. The van der Waals surface area contributed by atoms with Crippen LogP contribution in [0.4, 0.5) is 0 Å². The third kappa shape index (κ3) is 3.43. The van der Waals surface area contributed by atoms with Crippen LogP contribution < -0.4 is 0 Å². The van der Waals surface area contributed by atoms with E-state index in [1.54, 1.807) is 0 Å². The molecule has 0 radical (unpaired) electrons. The smallest absolute Gasteiger partial charge is 0.0238 e. The Morgan fingerprint density at radius 2 is 1.80 bits per heavy atom. The quantitative estimate of drug-likeness (QED) is 0.563. The van der Waals surface area contributed by atoms with Gasteiger partial charge in [0.25, 0.3) is 0 Å². The molecule has 0 heterocycles. The molecule has 0 saturated carbocycles. The molecule has 0 rings (SSSR count). The van der Waals surface area contributed by atoms with Crippen LogP contribution in [0.15, 0.2) is 0 Å². The van der Waals surface area contributed by atoms with E-state index in [1.165, 1.54) is 0 Å². The lowest BCUT2D eigenvalue weighted by Gasteiger charge is -2.25. The van der Waals surface area contributed by atoms with E-state index in [9.17, 15) is 0 Å². The van der Waals surface area contributed by atoms with Crippen molar-refractivity contribution < 1.29 is 0 Å². The summed E-state index contributed by atoms with van der Waals surface area (Å²) < 4.78 is 0. The molecular formula is C8H18ClN. The molecule has 0 aliphatic carbocycles. The Kier molecular flexibility index (Phi) is 6.14. The largest absolute Gasteiger partial charge is 0.301 e.